The van der Waals surface area contributed by atoms with E-state index in [9.17, 15) is 4.79 Å². The molecule has 2 aliphatic rings. The molecule has 2 aromatic rings. The summed E-state index contributed by atoms with van der Waals surface area (Å²) < 4.78 is 5.55. The van der Waals surface area contributed by atoms with Gasteiger partial charge in [-0.1, -0.05) is 29.8 Å². The highest BCUT2D eigenvalue weighted by molar-refractivity contribution is 6.32. The average molecular weight is 374 g/mol. The zero-order chi connectivity index (χ0) is 17.9. The van der Waals surface area contributed by atoms with Crippen molar-refractivity contribution in [2.24, 2.45) is 0 Å². The Balaban J connectivity index is 1.31. The van der Waals surface area contributed by atoms with Crippen molar-refractivity contribution in [3.63, 3.8) is 0 Å². The van der Waals surface area contributed by atoms with Crippen molar-refractivity contribution in [2.45, 2.75) is 6.10 Å². The number of cyclic esters (lactones) is 1. The summed E-state index contributed by atoms with van der Waals surface area (Å²) in [7, 11) is 0. The number of carbonyl (C=O) groups is 1. The molecular weight excluding hydrogens is 354 g/mol. The lowest BCUT2D eigenvalue weighted by atomic mass is 10.2. The molecule has 26 heavy (non-hydrogen) atoms. The van der Waals surface area contributed by atoms with Gasteiger partial charge in [0.2, 0.25) is 0 Å². The first kappa shape index (κ1) is 17.1. The van der Waals surface area contributed by atoms with Gasteiger partial charge in [0.15, 0.2) is 5.82 Å². The molecule has 1 unspecified atom stereocenters. The van der Waals surface area contributed by atoms with E-state index < -0.39 is 0 Å². The van der Waals surface area contributed by atoms with E-state index in [-0.39, 0.29) is 12.2 Å². The van der Waals surface area contributed by atoms with Crippen LogP contribution in [0.15, 0.2) is 42.9 Å². The quantitative estimate of drug-likeness (QED) is 0.819. The van der Waals surface area contributed by atoms with E-state index in [2.05, 4.69) is 19.8 Å². The minimum Gasteiger partial charge on any atom is -0.443 e. The molecule has 0 saturated carbocycles. The second-order valence-corrected chi connectivity index (χ2v) is 6.84. The summed E-state index contributed by atoms with van der Waals surface area (Å²) in [6.07, 6.45) is 2.75. The van der Waals surface area contributed by atoms with Crippen molar-refractivity contribution in [3.8, 4) is 0 Å². The number of anilines is 2. The summed E-state index contributed by atoms with van der Waals surface area (Å²) in [5, 5.41) is 0.573. The van der Waals surface area contributed by atoms with Gasteiger partial charge in [-0.25, -0.2) is 14.8 Å². The van der Waals surface area contributed by atoms with Crippen LogP contribution in [0, 0.1) is 0 Å². The molecule has 3 heterocycles. The van der Waals surface area contributed by atoms with Crippen LogP contribution < -0.4 is 9.80 Å². The summed E-state index contributed by atoms with van der Waals surface area (Å²) in [6.45, 7) is 4.74. The monoisotopic (exact) mass is 373 g/mol. The van der Waals surface area contributed by atoms with Crippen molar-refractivity contribution in [1.82, 2.24) is 14.9 Å². The highest BCUT2D eigenvalue weighted by Gasteiger charge is 2.34. The fourth-order valence-electron chi connectivity index (χ4n) is 3.40. The van der Waals surface area contributed by atoms with Crippen LogP contribution in [0.3, 0.4) is 0 Å². The minimum atomic E-state index is -0.271. The molecule has 0 bridgehead atoms. The normalized spacial score (nSPS) is 21.1. The number of para-hydroxylation sites is 1. The molecule has 4 rings (SSSR count). The van der Waals surface area contributed by atoms with Crippen molar-refractivity contribution in [1.29, 1.82) is 0 Å². The number of benzene rings is 1. The Labute approximate surface area is 157 Å². The first-order valence-electron chi connectivity index (χ1n) is 8.67. The lowest BCUT2D eigenvalue weighted by Crippen LogP contribution is -2.49. The third-order valence-electron chi connectivity index (χ3n) is 4.72. The molecule has 7 nitrogen and oxygen atoms in total. The highest BCUT2D eigenvalue weighted by atomic mass is 35.5. The van der Waals surface area contributed by atoms with E-state index >= 15 is 0 Å². The second-order valence-electron chi connectivity index (χ2n) is 6.43. The second kappa shape index (κ2) is 7.47. The van der Waals surface area contributed by atoms with Crippen LogP contribution >= 0.6 is 11.6 Å². The SMILES string of the molecule is O=C1OC(CN2CCN(c3ncncc3Cl)CC2)CN1c1ccccc1. The molecule has 1 aromatic heterocycles. The Morgan fingerprint density at radius 2 is 1.92 bits per heavy atom. The molecule has 136 valence electrons. The van der Waals surface area contributed by atoms with Gasteiger partial charge in [0.25, 0.3) is 0 Å². The number of amides is 1. The Bertz CT molecular complexity index is 767. The zero-order valence-corrected chi connectivity index (χ0v) is 15.0. The molecule has 2 saturated heterocycles. The average Bonchev–Trinajstić information content (AvgIpc) is 3.04. The summed E-state index contributed by atoms with van der Waals surface area (Å²) in [5.41, 5.74) is 0.878. The molecule has 1 atom stereocenters. The zero-order valence-electron chi connectivity index (χ0n) is 14.3. The molecule has 0 aliphatic carbocycles. The van der Waals surface area contributed by atoms with Gasteiger partial charge >= 0.3 is 6.09 Å². The van der Waals surface area contributed by atoms with Crippen molar-refractivity contribution in [3.05, 3.63) is 47.9 Å². The van der Waals surface area contributed by atoms with Crippen molar-refractivity contribution < 1.29 is 9.53 Å². The fourth-order valence-corrected chi connectivity index (χ4v) is 3.63. The Morgan fingerprint density at radius 1 is 1.15 bits per heavy atom. The molecular formula is C18H20ClN5O2. The lowest BCUT2D eigenvalue weighted by molar-refractivity contribution is 0.106. The van der Waals surface area contributed by atoms with Crippen LogP contribution in [0.5, 0.6) is 0 Å². The van der Waals surface area contributed by atoms with Crippen LogP contribution in [0.1, 0.15) is 0 Å². The Morgan fingerprint density at radius 3 is 2.65 bits per heavy atom. The number of ether oxygens (including phenoxy) is 1. The van der Waals surface area contributed by atoms with Gasteiger partial charge in [-0.2, -0.15) is 0 Å². The van der Waals surface area contributed by atoms with Crippen LogP contribution in [0.2, 0.25) is 5.02 Å². The smallest absolute Gasteiger partial charge is 0.414 e. The largest absolute Gasteiger partial charge is 0.443 e. The standard InChI is InChI=1S/C18H20ClN5O2/c19-16-10-20-13-21-17(16)23-8-6-22(7-9-23)11-15-12-24(18(25)26-15)14-4-2-1-3-5-14/h1-5,10,13,15H,6-9,11-12H2. The van der Waals surface area contributed by atoms with E-state index in [0.29, 0.717) is 11.6 Å². The molecule has 2 fully saturated rings. The van der Waals surface area contributed by atoms with Crippen LogP contribution in [-0.2, 0) is 4.74 Å². The van der Waals surface area contributed by atoms with Gasteiger partial charge in [-0.15, -0.1) is 0 Å². The Hall–Kier alpha value is -2.38. The summed E-state index contributed by atoms with van der Waals surface area (Å²) in [6, 6.07) is 9.63. The Kier molecular flexibility index (Phi) is 4.90. The predicted octanol–water partition coefficient (Wildman–Crippen LogP) is 2.28. The highest BCUT2D eigenvalue weighted by Crippen LogP contribution is 2.24. The molecule has 0 radical (unpaired) electrons. The molecule has 0 spiro atoms. The van der Waals surface area contributed by atoms with Crippen LogP contribution in [0.4, 0.5) is 16.3 Å². The fraction of sp³-hybridized carbons (Fsp3) is 0.389. The maximum absolute atomic E-state index is 12.1. The van der Waals surface area contributed by atoms with Crippen LogP contribution in [-0.4, -0.2) is 66.3 Å². The minimum absolute atomic E-state index is 0.114. The topological polar surface area (TPSA) is 61.8 Å². The molecule has 2 aliphatic heterocycles. The van der Waals surface area contributed by atoms with Gasteiger partial charge < -0.3 is 9.64 Å². The number of aromatic nitrogens is 2. The number of hydrogen-bond acceptors (Lipinski definition) is 6. The number of piperazine rings is 1. The van der Waals surface area contributed by atoms with Crippen LogP contribution in [0.25, 0.3) is 0 Å². The number of halogens is 1. The van der Waals surface area contributed by atoms with E-state index in [4.69, 9.17) is 16.3 Å². The van der Waals surface area contributed by atoms with Gasteiger partial charge in [0.1, 0.15) is 17.5 Å². The van der Waals surface area contributed by atoms with Gasteiger partial charge in [-0.3, -0.25) is 9.80 Å². The van der Waals surface area contributed by atoms with E-state index in [1.165, 1.54) is 6.33 Å². The van der Waals surface area contributed by atoms with Crippen molar-refractivity contribution >= 4 is 29.2 Å². The van der Waals surface area contributed by atoms with E-state index in [1.54, 1.807) is 11.1 Å². The number of carbonyl (C=O) groups excluding carboxylic acids is 1. The van der Waals surface area contributed by atoms with E-state index in [0.717, 1.165) is 44.2 Å². The molecule has 0 N–H and O–H groups in total. The maximum Gasteiger partial charge on any atom is 0.414 e. The molecule has 8 heteroatoms. The molecule has 1 aromatic carbocycles. The number of hydrogen-bond donors (Lipinski definition) is 0. The predicted molar refractivity (Wildman–Crippen MR) is 99.8 cm³/mol. The number of rotatable bonds is 4. The van der Waals surface area contributed by atoms with Gasteiger partial charge in [0.05, 0.1) is 12.7 Å². The number of nitrogens with zero attached hydrogens (tertiary/aromatic N) is 5. The van der Waals surface area contributed by atoms with Gasteiger partial charge in [-0.05, 0) is 12.1 Å². The summed E-state index contributed by atoms with van der Waals surface area (Å²) in [4.78, 5) is 26.5. The first-order chi connectivity index (χ1) is 12.7. The third kappa shape index (κ3) is 3.59. The summed E-state index contributed by atoms with van der Waals surface area (Å²) in [5.74, 6) is 0.781. The maximum atomic E-state index is 12.1. The van der Waals surface area contributed by atoms with Crippen molar-refractivity contribution in [2.75, 3.05) is 49.1 Å². The lowest BCUT2D eigenvalue weighted by Gasteiger charge is -2.36. The summed E-state index contributed by atoms with van der Waals surface area (Å²) >= 11 is 6.18. The molecule has 1 amide bonds. The third-order valence-corrected chi connectivity index (χ3v) is 4.99. The first-order valence-corrected chi connectivity index (χ1v) is 9.04. The van der Waals surface area contributed by atoms with E-state index in [1.807, 2.05) is 30.3 Å². The van der Waals surface area contributed by atoms with Gasteiger partial charge in [0, 0.05) is 38.4 Å².